The smallest absolute Gasteiger partial charge is 0.243 e. The quantitative estimate of drug-likeness (QED) is 0.417. The summed E-state index contributed by atoms with van der Waals surface area (Å²) in [5, 5.41) is 9.95. The van der Waals surface area contributed by atoms with Crippen LogP contribution in [0, 0.1) is 0 Å². The number of aryl methyl sites for hydroxylation is 1. The highest BCUT2D eigenvalue weighted by Crippen LogP contribution is 2.27. The molecule has 3 atom stereocenters. The minimum Gasteiger partial charge on any atom is -0.355 e. The fraction of sp³-hybridized carbons (Fsp3) is 0.400. The van der Waals surface area contributed by atoms with E-state index in [0.29, 0.717) is 11.6 Å². The molecule has 3 unspecified atom stereocenters. The molecule has 0 bridgehead atoms. The molecule has 1 aromatic heterocycles. The number of amides is 3. The van der Waals surface area contributed by atoms with Crippen LogP contribution in [0.3, 0.4) is 0 Å². The van der Waals surface area contributed by atoms with Crippen molar-refractivity contribution in [2.75, 3.05) is 13.1 Å². The summed E-state index contributed by atoms with van der Waals surface area (Å²) in [5.41, 5.74) is 3.62. The lowest BCUT2D eigenvalue weighted by atomic mass is 9.95. The van der Waals surface area contributed by atoms with E-state index in [-0.39, 0.29) is 44.2 Å². The lowest BCUT2D eigenvalue weighted by Gasteiger charge is -2.27. The van der Waals surface area contributed by atoms with E-state index >= 15 is 0 Å². The SMILES string of the molecule is CC(C)c1ccc(C(NC(=O)C2CC(F)CN2C(=O)CCNC(=O)Cc2ccn(C)n2)c2ccccc2)cc1. The minimum atomic E-state index is -1.29. The van der Waals surface area contributed by atoms with Crippen molar-refractivity contribution >= 4 is 17.7 Å². The zero-order valence-corrected chi connectivity index (χ0v) is 22.6. The number of aromatic nitrogens is 2. The second-order valence-electron chi connectivity index (χ2n) is 10.3. The number of hydrogen-bond acceptors (Lipinski definition) is 4. The summed E-state index contributed by atoms with van der Waals surface area (Å²) in [6.45, 7) is 4.20. The molecule has 2 N–H and O–H groups in total. The van der Waals surface area contributed by atoms with E-state index in [1.165, 1.54) is 10.5 Å². The number of rotatable bonds is 10. The third-order valence-corrected chi connectivity index (χ3v) is 7.00. The molecule has 0 spiro atoms. The Bertz CT molecular complexity index is 1280. The Morgan fingerprint density at radius 2 is 1.67 bits per heavy atom. The molecular weight excluding hydrogens is 497 g/mol. The molecule has 0 aliphatic carbocycles. The van der Waals surface area contributed by atoms with E-state index < -0.39 is 24.2 Å². The molecule has 4 rings (SSSR count). The van der Waals surface area contributed by atoms with Gasteiger partial charge in [-0.05, 0) is 28.7 Å². The first-order chi connectivity index (χ1) is 18.7. The van der Waals surface area contributed by atoms with Gasteiger partial charge in [0.1, 0.15) is 12.2 Å². The largest absolute Gasteiger partial charge is 0.355 e. The molecule has 3 amide bonds. The summed E-state index contributed by atoms with van der Waals surface area (Å²) < 4.78 is 16.1. The second kappa shape index (κ2) is 12.7. The van der Waals surface area contributed by atoms with E-state index in [2.05, 4.69) is 29.6 Å². The first kappa shape index (κ1) is 28.0. The topological polar surface area (TPSA) is 96.3 Å². The molecule has 0 saturated carbocycles. The van der Waals surface area contributed by atoms with Crippen LogP contribution in [-0.2, 0) is 27.9 Å². The van der Waals surface area contributed by atoms with Gasteiger partial charge in [0.05, 0.1) is 24.7 Å². The fourth-order valence-electron chi connectivity index (χ4n) is 4.86. The van der Waals surface area contributed by atoms with Crippen LogP contribution in [0.4, 0.5) is 4.39 Å². The Morgan fingerprint density at radius 3 is 2.31 bits per heavy atom. The molecule has 2 aromatic carbocycles. The molecule has 1 aliphatic rings. The average molecular weight is 534 g/mol. The van der Waals surface area contributed by atoms with Crippen LogP contribution in [0.1, 0.15) is 61.0 Å². The molecule has 0 radical (unpaired) electrons. The molecule has 9 heteroatoms. The molecule has 206 valence electrons. The summed E-state index contributed by atoms with van der Waals surface area (Å²) in [5.74, 6) is -0.645. The number of likely N-dealkylation sites (tertiary alicyclic amines) is 1. The van der Waals surface area contributed by atoms with Crippen molar-refractivity contribution < 1.29 is 18.8 Å². The van der Waals surface area contributed by atoms with Crippen molar-refractivity contribution in [3.05, 3.63) is 89.2 Å². The maximum absolute atomic E-state index is 14.5. The Balaban J connectivity index is 1.40. The number of hydrogen-bond donors (Lipinski definition) is 2. The van der Waals surface area contributed by atoms with Crippen LogP contribution < -0.4 is 10.6 Å². The molecular formula is C30H36FN5O3. The second-order valence-corrected chi connectivity index (χ2v) is 10.3. The third kappa shape index (κ3) is 7.31. The molecule has 2 heterocycles. The minimum absolute atomic E-state index is 0.0246. The van der Waals surface area contributed by atoms with Crippen molar-refractivity contribution in [2.45, 2.75) is 57.3 Å². The van der Waals surface area contributed by atoms with Gasteiger partial charge in [-0.2, -0.15) is 5.10 Å². The molecule has 8 nitrogen and oxygen atoms in total. The van der Waals surface area contributed by atoms with E-state index in [4.69, 9.17) is 0 Å². The van der Waals surface area contributed by atoms with Crippen LogP contribution >= 0.6 is 0 Å². The predicted molar refractivity (Wildman–Crippen MR) is 147 cm³/mol. The monoisotopic (exact) mass is 533 g/mol. The van der Waals surface area contributed by atoms with Crippen molar-refractivity contribution in [2.24, 2.45) is 7.05 Å². The number of benzene rings is 2. The first-order valence-electron chi connectivity index (χ1n) is 13.3. The first-order valence-corrected chi connectivity index (χ1v) is 13.3. The third-order valence-electron chi connectivity index (χ3n) is 7.00. The highest BCUT2D eigenvalue weighted by Gasteiger charge is 2.40. The van der Waals surface area contributed by atoms with Gasteiger partial charge in [-0.3, -0.25) is 19.1 Å². The zero-order valence-electron chi connectivity index (χ0n) is 22.6. The maximum atomic E-state index is 14.5. The Kier molecular flexibility index (Phi) is 9.11. The van der Waals surface area contributed by atoms with E-state index in [9.17, 15) is 18.8 Å². The van der Waals surface area contributed by atoms with Crippen LogP contribution in [0.25, 0.3) is 0 Å². The van der Waals surface area contributed by atoms with Crippen molar-refractivity contribution in [3.8, 4) is 0 Å². The van der Waals surface area contributed by atoms with Gasteiger partial charge in [0.25, 0.3) is 0 Å². The summed E-state index contributed by atoms with van der Waals surface area (Å²) in [4.78, 5) is 40.0. The van der Waals surface area contributed by atoms with Gasteiger partial charge < -0.3 is 15.5 Å². The number of nitrogens with zero attached hydrogens (tertiary/aromatic N) is 3. The summed E-state index contributed by atoms with van der Waals surface area (Å²) in [6, 6.07) is 18.1. The normalized spacial score (nSPS) is 17.7. The van der Waals surface area contributed by atoms with Crippen molar-refractivity contribution in [1.29, 1.82) is 0 Å². The van der Waals surface area contributed by atoms with Gasteiger partial charge in [0.15, 0.2) is 0 Å². The van der Waals surface area contributed by atoms with Crippen molar-refractivity contribution in [1.82, 2.24) is 25.3 Å². The van der Waals surface area contributed by atoms with Gasteiger partial charge in [-0.15, -0.1) is 0 Å². The number of nitrogens with one attached hydrogen (secondary N) is 2. The lowest BCUT2D eigenvalue weighted by molar-refractivity contribution is -0.138. The summed E-state index contributed by atoms with van der Waals surface area (Å²) >= 11 is 0. The van der Waals surface area contributed by atoms with E-state index in [1.54, 1.807) is 24.0 Å². The van der Waals surface area contributed by atoms with Gasteiger partial charge in [0, 0.05) is 32.6 Å². The van der Waals surface area contributed by atoms with Gasteiger partial charge >= 0.3 is 0 Å². The zero-order chi connectivity index (χ0) is 27.9. The summed E-state index contributed by atoms with van der Waals surface area (Å²) in [7, 11) is 1.77. The van der Waals surface area contributed by atoms with Crippen LogP contribution in [0.2, 0.25) is 0 Å². The van der Waals surface area contributed by atoms with Crippen LogP contribution in [0.5, 0.6) is 0 Å². The number of alkyl halides is 1. The number of halogens is 1. The lowest BCUT2D eigenvalue weighted by Crippen LogP contribution is -2.47. The number of carbonyl (C=O) groups is 3. The Hall–Kier alpha value is -4.01. The Labute approximate surface area is 228 Å². The van der Waals surface area contributed by atoms with Crippen molar-refractivity contribution in [3.63, 3.8) is 0 Å². The van der Waals surface area contributed by atoms with Gasteiger partial charge in [-0.1, -0.05) is 68.4 Å². The Morgan fingerprint density at radius 1 is 1.00 bits per heavy atom. The predicted octanol–water partition coefficient (Wildman–Crippen LogP) is 3.44. The molecule has 1 aliphatic heterocycles. The summed E-state index contributed by atoms with van der Waals surface area (Å²) in [6.07, 6.45) is 0.487. The fourth-order valence-corrected chi connectivity index (χ4v) is 4.86. The molecule has 1 saturated heterocycles. The highest BCUT2D eigenvalue weighted by molar-refractivity contribution is 5.89. The molecule has 3 aromatic rings. The maximum Gasteiger partial charge on any atom is 0.243 e. The highest BCUT2D eigenvalue weighted by atomic mass is 19.1. The van der Waals surface area contributed by atoms with Crippen LogP contribution in [-0.4, -0.2) is 57.7 Å². The van der Waals surface area contributed by atoms with Gasteiger partial charge in [-0.25, -0.2) is 4.39 Å². The molecule has 1 fully saturated rings. The number of carbonyl (C=O) groups excluding carboxylic acids is 3. The standard InChI is InChI=1S/C30H36FN5O3/c1-20(2)21-9-11-23(12-10-21)29(22-7-5-4-6-8-22)33-30(39)26-17-24(31)19-36(26)28(38)13-15-32-27(37)18-25-14-16-35(3)34-25/h4-12,14,16,20,24,26,29H,13,15,17-19H2,1-3H3,(H,32,37)(H,33,39). The van der Waals surface area contributed by atoms with Gasteiger partial charge in [0.2, 0.25) is 17.7 Å². The van der Waals surface area contributed by atoms with E-state index in [1.807, 2.05) is 54.6 Å². The average Bonchev–Trinajstić information content (AvgIpc) is 3.52. The van der Waals surface area contributed by atoms with Crippen LogP contribution in [0.15, 0.2) is 66.9 Å². The van der Waals surface area contributed by atoms with E-state index in [0.717, 1.165) is 11.1 Å². The molecule has 39 heavy (non-hydrogen) atoms.